The maximum atomic E-state index is 11.7. The van der Waals surface area contributed by atoms with Crippen LogP contribution in [0.4, 0.5) is 0 Å². The number of ether oxygens (including phenoxy) is 1. The summed E-state index contributed by atoms with van der Waals surface area (Å²) in [5, 5.41) is 5.19. The van der Waals surface area contributed by atoms with Crippen LogP contribution >= 0.6 is 0 Å². The zero-order valence-electron chi connectivity index (χ0n) is 10.5. The van der Waals surface area contributed by atoms with E-state index in [1.807, 2.05) is 0 Å². The lowest BCUT2D eigenvalue weighted by molar-refractivity contribution is -0.128. The van der Waals surface area contributed by atoms with Crippen molar-refractivity contribution in [3.63, 3.8) is 0 Å². The van der Waals surface area contributed by atoms with Gasteiger partial charge < -0.3 is 20.3 Å². The summed E-state index contributed by atoms with van der Waals surface area (Å²) in [6.07, 6.45) is 0.894. The number of likely N-dealkylation sites (tertiary alicyclic amines) is 1. The molecule has 3 amide bonds. The Bertz CT molecular complexity index is 309. The molecule has 0 saturated carbocycles. The van der Waals surface area contributed by atoms with Crippen LogP contribution in [0.2, 0.25) is 0 Å². The van der Waals surface area contributed by atoms with Gasteiger partial charge in [-0.1, -0.05) is 0 Å². The number of carbonyl (C=O) groups is 3. The van der Waals surface area contributed by atoms with Gasteiger partial charge in [0, 0.05) is 33.1 Å². The summed E-state index contributed by atoms with van der Waals surface area (Å²) >= 11 is 0. The summed E-state index contributed by atoms with van der Waals surface area (Å²) in [6.45, 7) is 2.16. The average Bonchev–Trinajstić information content (AvgIpc) is 2.68. The molecular weight excluding hydrogens is 238 g/mol. The third-order valence-corrected chi connectivity index (χ3v) is 2.73. The monoisotopic (exact) mass is 257 g/mol. The number of nitrogens with one attached hydrogen (secondary N) is 2. The van der Waals surface area contributed by atoms with Crippen molar-refractivity contribution < 1.29 is 19.1 Å². The lowest BCUT2D eigenvalue weighted by Crippen LogP contribution is -2.34. The summed E-state index contributed by atoms with van der Waals surface area (Å²) in [7, 11) is 1.69. The molecule has 0 aromatic rings. The van der Waals surface area contributed by atoms with Gasteiger partial charge in [-0.15, -0.1) is 0 Å². The first-order chi connectivity index (χ1) is 8.65. The Morgan fingerprint density at radius 3 is 2.83 bits per heavy atom. The molecule has 2 N–H and O–H groups in total. The molecule has 1 aliphatic heterocycles. The van der Waals surface area contributed by atoms with E-state index in [2.05, 4.69) is 10.6 Å². The number of rotatable bonds is 8. The maximum absolute atomic E-state index is 11.7. The van der Waals surface area contributed by atoms with Crippen molar-refractivity contribution in [2.24, 2.45) is 5.92 Å². The number of hydrogen-bond acceptors (Lipinski definition) is 4. The van der Waals surface area contributed by atoms with Crippen molar-refractivity contribution in [3.8, 4) is 0 Å². The largest absolute Gasteiger partial charge is 0.378 e. The predicted octanol–water partition coefficient (Wildman–Crippen LogP) is -1.66. The van der Waals surface area contributed by atoms with E-state index in [1.165, 1.54) is 0 Å². The van der Waals surface area contributed by atoms with Gasteiger partial charge in [0.2, 0.25) is 18.2 Å². The average molecular weight is 257 g/mol. The minimum absolute atomic E-state index is 0.00587. The molecule has 1 rings (SSSR count). The van der Waals surface area contributed by atoms with Gasteiger partial charge >= 0.3 is 0 Å². The van der Waals surface area contributed by atoms with Crippen molar-refractivity contribution in [1.29, 1.82) is 0 Å². The molecule has 1 unspecified atom stereocenters. The molecule has 0 spiro atoms. The Kier molecular flexibility index (Phi) is 6.13. The van der Waals surface area contributed by atoms with Crippen LogP contribution in [-0.2, 0) is 19.1 Å². The summed E-state index contributed by atoms with van der Waals surface area (Å²) in [6, 6.07) is 0. The van der Waals surface area contributed by atoms with Crippen LogP contribution in [0.15, 0.2) is 0 Å². The minimum atomic E-state index is -0.251. The lowest BCUT2D eigenvalue weighted by atomic mass is 10.1. The molecule has 0 aromatic heterocycles. The lowest BCUT2D eigenvalue weighted by Gasteiger charge is -2.11. The first-order valence-corrected chi connectivity index (χ1v) is 5.91. The van der Waals surface area contributed by atoms with Gasteiger partial charge in [0.15, 0.2) is 0 Å². The third-order valence-electron chi connectivity index (χ3n) is 2.73. The maximum Gasteiger partial charge on any atom is 0.225 e. The number of carbonyl (C=O) groups excluding carboxylic acids is 3. The topological polar surface area (TPSA) is 87.7 Å². The molecule has 1 atom stereocenters. The normalized spacial score (nSPS) is 18.8. The molecule has 0 aliphatic carbocycles. The SMILES string of the molecule is CN1CC(C(=O)NCCOCCNC=O)CC1=O. The minimum Gasteiger partial charge on any atom is -0.378 e. The zero-order chi connectivity index (χ0) is 13.4. The Morgan fingerprint density at radius 1 is 1.50 bits per heavy atom. The van der Waals surface area contributed by atoms with E-state index in [9.17, 15) is 14.4 Å². The van der Waals surface area contributed by atoms with E-state index in [1.54, 1.807) is 11.9 Å². The second-order valence-corrected chi connectivity index (χ2v) is 4.15. The molecule has 1 heterocycles. The molecule has 1 aliphatic rings. The highest BCUT2D eigenvalue weighted by atomic mass is 16.5. The van der Waals surface area contributed by atoms with Crippen molar-refractivity contribution >= 4 is 18.2 Å². The summed E-state index contributed by atoms with van der Waals surface area (Å²) in [5.41, 5.74) is 0. The fourth-order valence-corrected chi connectivity index (χ4v) is 1.72. The van der Waals surface area contributed by atoms with Crippen molar-refractivity contribution in [2.75, 3.05) is 39.9 Å². The van der Waals surface area contributed by atoms with Crippen LogP contribution < -0.4 is 10.6 Å². The van der Waals surface area contributed by atoms with Gasteiger partial charge in [-0.05, 0) is 0 Å². The van der Waals surface area contributed by atoms with Crippen LogP contribution in [-0.4, -0.2) is 63.0 Å². The quantitative estimate of drug-likeness (QED) is 0.402. The van der Waals surface area contributed by atoms with E-state index >= 15 is 0 Å². The predicted molar refractivity (Wildman–Crippen MR) is 63.6 cm³/mol. The van der Waals surface area contributed by atoms with Crippen LogP contribution in [0.1, 0.15) is 6.42 Å². The fraction of sp³-hybridized carbons (Fsp3) is 0.727. The smallest absolute Gasteiger partial charge is 0.225 e. The van der Waals surface area contributed by atoms with Gasteiger partial charge in [0.1, 0.15) is 0 Å². The highest BCUT2D eigenvalue weighted by molar-refractivity contribution is 5.89. The Balaban J connectivity index is 2.04. The Hall–Kier alpha value is -1.63. The number of hydrogen-bond donors (Lipinski definition) is 2. The fourth-order valence-electron chi connectivity index (χ4n) is 1.72. The second kappa shape index (κ2) is 7.65. The standard InChI is InChI=1S/C11H19N3O4/c1-14-7-9(6-10(14)16)11(17)13-3-5-18-4-2-12-8-15/h8-9H,2-7H2,1H3,(H,12,15)(H,13,17). The number of amides is 3. The van der Waals surface area contributed by atoms with E-state index in [0.717, 1.165) is 0 Å². The molecular formula is C11H19N3O4. The van der Waals surface area contributed by atoms with Crippen LogP contribution in [0.25, 0.3) is 0 Å². The first kappa shape index (κ1) is 14.4. The summed E-state index contributed by atoms with van der Waals surface area (Å²) in [4.78, 5) is 34.4. The zero-order valence-corrected chi connectivity index (χ0v) is 10.5. The van der Waals surface area contributed by atoms with E-state index in [-0.39, 0.29) is 24.2 Å². The van der Waals surface area contributed by atoms with Crippen LogP contribution in [0.5, 0.6) is 0 Å². The first-order valence-electron chi connectivity index (χ1n) is 5.91. The van der Waals surface area contributed by atoms with Gasteiger partial charge in [0.05, 0.1) is 19.1 Å². The summed E-state index contributed by atoms with van der Waals surface area (Å²) < 4.78 is 5.18. The molecule has 0 aromatic carbocycles. The molecule has 7 nitrogen and oxygen atoms in total. The Labute approximate surface area is 106 Å². The van der Waals surface area contributed by atoms with E-state index in [4.69, 9.17) is 4.74 Å². The van der Waals surface area contributed by atoms with Gasteiger partial charge in [-0.3, -0.25) is 14.4 Å². The third kappa shape index (κ3) is 4.70. The van der Waals surface area contributed by atoms with Gasteiger partial charge in [-0.2, -0.15) is 0 Å². The van der Waals surface area contributed by atoms with Crippen molar-refractivity contribution in [1.82, 2.24) is 15.5 Å². The van der Waals surface area contributed by atoms with E-state index in [0.29, 0.717) is 39.3 Å². The molecule has 0 radical (unpaired) electrons. The molecule has 1 fully saturated rings. The van der Waals surface area contributed by atoms with Crippen molar-refractivity contribution in [2.45, 2.75) is 6.42 Å². The van der Waals surface area contributed by atoms with E-state index < -0.39 is 0 Å². The van der Waals surface area contributed by atoms with Crippen LogP contribution in [0, 0.1) is 5.92 Å². The molecule has 0 bridgehead atoms. The van der Waals surface area contributed by atoms with Crippen molar-refractivity contribution in [3.05, 3.63) is 0 Å². The molecule has 18 heavy (non-hydrogen) atoms. The van der Waals surface area contributed by atoms with Crippen LogP contribution in [0.3, 0.4) is 0 Å². The second-order valence-electron chi connectivity index (χ2n) is 4.15. The van der Waals surface area contributed by atoms with Gasteiger partial charge in [-0.25, -0.2) is 0 Å². The molecule has 102 valence electrons. The molecule has 1 saturated heterocycles. The number of nitrogens with zero attached hydrogens (tertiary/aromatic N) is 1. The summed E-state index contributed by atoms with van der Waals surface area (Å²) in [5.74, 6) is -0.354. The Morgan fingerprint density at radius 2 is 2.22 bits per heavy atom. The molecule has 7 heteroatoms. The highest BCUT2D eigenvalue weighted by Gasteiger charge is 2.31. The highest BCUT2D eigenvalue weighted by Crippen LogP contribution is 2.15. The van der Waals surface area contributed by atoms with Gasteiger partial charge in [0.25, 0.3) is 0 Å².